The van der Waals surface area contributed by atoms with Crippen LogP contribution in [0.1, 0.15) is 48.6 Å². The van der Waals surface area contributed by atoms with Crippen LogP contribution in [0.2, 0.25) is 0 Å². The molecule has 366 valence electrons. The van der Waals surface area contributed by atoms with Crippen molar-refractivity contribution in [2.75, 3.05) is 7.11 Å². The summed E-state index contributed by atoms with van der Waals surface area (Å²) in [5.74, 6) is 3.97. The topological polar surface area (TPSA) is 105 Å². The molecule has 0 atom stereocenters. The SMILES string of the molecule is C=CCc1cc(C(C)(C)c2ccc(Oc3ccc(S(=O)(=O)c4ccc(Oc5ccc(-c6ccc7ccc(C)cc7c6)cc5)cc4)cc3)c(/C=C/C)c2)ccc1Oc1ccc(S(=O)(=O)c2ccc(OC)cc2)cc1. The van der Waals surface area contributed by atoms with E-state index in [2.05, 4.69) is 75.9 Å². The number of rotatable bonds is 17. The maximum absolute atomic E-state index is 13.8. The summed E-state index contributed by atoms with van der Waals surface area (Å²) in [6.45, 7) is 12.3. The molecule has 0 amide bonds. The van der Waals surface area contributed by atoms with Crippen molar-refractivity contribution < 1.29 is 35.8 Å². The number of methoxy groups -OCH3 is 1. The Labute approximate surface area is 428 Å². The molecule has 0 saturated heterocycles. The normalized spacial score (nSPS) is 11.9. The van der Waals surface area contributed by atoms with Gasteiger partial charge in [-0.05, 0) is 192 Å². The van der Waals surface area contributed by atoms with Crippen molar-refractivity contribution in [3.63, 3.8) is 0 Å². The summed E-state index contributed by atoms with van der Waals surface area (Å²) in [6, 6.07) is 58.4. The number of hydrogen-bond acceptors (Lipinski definition) is 8. The first-order valence-corrected chi connectivity index (χ1v) is 26.7. The van der Waals surface area contributed by atoms with Crippen LogP contribution in [-0.2, 0) is 31.5 Å². The van der Waals surface area contributed by atoms with Gasteiger partial charge in [0, 0.05) is 11.0 Å². The fraction of sp³-hybridized carbons (Fsp3) is 0.111. The average Bonchev–Trinajstić information content (AvgIpc) is 3.40. The number of benzene rings is 9. The lowest BCUT2D eigenvalue weighted by Gasteiger charge is -2.28. The van der Waals surface area contributed by atoms with Crippen LogP contribution in [0.5, 0.6) is 40.2 Å². The minimum absolute atomic E-state index is 0.139. The van der Waals surface area contributed by atoms with Crippen LogP contribution in [0, 0.1) is 6.92 Å². The first-order valence-electron chi connectivity index (χ1n) is 23.7. The quantitative estimate of drug-likeness (QED) is 0.0831. The van der Waals surface area contributed by atoms with Crippen LogP contribution in [0.3, 0.4) is 0 Å². The van der Waals surface area contributed by atoms with Crippen LogP contribution in [0.15, 0.2) is 232 Å². The zero-order valence-corrected chi connectivity index (χ0v) is 42.8. The molecule has 0 heterocycles. The zero-order valence-electron chi connectivity index (χ0n) is 41.2. The standard InChI is InChI=1S/C63H54O8S2/c1-7-9-47-41-50(17-37-61(47)70-55-25-33-59(34-26-55)72(64,65)57-29-21-52(68-6)22-30-57)63(4,5)51-18-38-62(48(42-51)10-8-2)71-56-27-35-60(36-28-56)73(66,67)58-31-23-54(24-32-58)69-53-19-15-44(16-20-53)46-14-13-45-12-11-43(3)39-49(45)40-46/h7-8,10-42H,1,9H2,2-6H3/b10-8+. The molecule has 0 N–H and O–H groups in total. The summed E-state index contributed by atoms with van der Waals surface area (Å²) in [5.41, 5.74) is 6.82. The van der Waals surface area contributed by atoms with E-state index in [-0.39, 0.29) is 19.6 Å². The van der Waals surface area contributed by atoms with Crippen molar-refractivity contribution in [3.05, 3.63) is 241 Å². The predicted octanol–water partition coefficient (Wildman–Crippen LogP) is 16.0. The molecule has 9 rings (SSSR count). The van der Waals surface area contributed by atoms with Crippen molar-refractivity contribution in [3.8, 4) is 51.4 Å². The highest BCUT2D eigenvalue weighted by atomic mass is 32.2. The van der Waals surface area contributed by atoms with Gasteiger partial charge in [0.05, 0.1) is 26.7 Å². The van der Waals surface area contributed by atoms with Gasteiger partial charge in [-0.2, -0.15) is 0 Å². The molecule has 0 aliphatic carbocycles. The minimum atomic E-state index is -3.84. The van der Waals surface area contributed by atoms with Crippen molar-refractivity contribution in [1.82, 2.24) is 0 Å². The Bertz CT molecular complexity index is 3710. The number of allylic oxidation sites excluding steroid dienone is 2. The number of sulfone groups is 2. The van der Waals surface area contributed by atoms with Crippen molar-refractivity contribution in [2.45, 2.75) is 59.1 Å². The molecule has 0 aliphatic heterocycles. The summed E-state index contributed by atoms with van der Waals surface area (Å²) in [4.78, 5) is 0.614. The third-order valence-corrected chi connectivity index (χ3v) is 16.4. The van der Waals surface area contributed by atoms with E-state index in [1.54, 1.807) is 84.9 Å². The van der Waals surface area contributed by atoms with Crippen LogP contribution in [0.4, 0.5) is 0 Å². The molecule has 0 fully saturated rings. The number of hydrogen-bond donors (Lipinski definition) is 0. The van der Waals surface area contributed by atoms with E-state index in [9.17, 15) is 16.8 Å². The van der Waals surface area contributed by atoms with E-state index >= 15 is 0 Å². The average molecular weight is 1000 g/mol. The Morgan fingerprint density at radius 3 is 1.45 bits per heavy atom. The van der Waals surface area contributed by atoms with E-state index in [0.717, 1.165) is 33.4 Å². The number of aryl methyl sites for hydroxylation is 1. The van der Waals surface area contributed by atoms with Gasteiger partial charge in [0.25, 0.3) is 0 Å². The van der Waals surface area contributed by atoms with Crippen LogP contribution in [0.25, 0.3) is 28.0 Å². The molecule has 0 unspecified atom stereocenters. The van der Waals surface area contributed by atoms with Gasteiger partial charge in [0.2, 0.25) is 19.7 Å². The summed E-state index contributed by atoms with van der Waals surface area (Å²) in [6.07, 6.45) is 6.30. The highest BCUT2D eigenvalue weighted by Crippen LogP contribution is 2.39. The van der Waals surface area contributed by atoms with E-state index in [1.165, 1.54) is 35.6 Å². The van der Waals surface area contributed by atoms with Crippen molar-refractivity contribution in [2.24, 2.45) is 0 Å². The third kappa shape index (κ3) is 10.9. The van der Waals surface area contributed by atoms with Gasteiger partial charge >= 0.3 is 0 Å². The Morgan fingerprint density at radius 1 is 0.479 bits per heavy atom. The summed E-state index contributed by atoms with van der Waals surface area (Å²) in [7, 11) is -6.04. The van der Waals surface area contributed by atoms with Gasteiger partial charge in [-0.15, -0.1) is 6.58 Å². The second-order valence-electron chi connectivity index (χ2n) is 18.2. The molecule has 0 aromatic heterocycles. The highest BCUT2D eigenvalue weighted by Gasteiger charge is 2.26. The Kier molecular flexibility index (Phi) is 14.2. The van der Waals surface area contributed by atoms with E-state index < -0.39 is 25.1 Å². The summed E-state index contributed by atoms with van der Waals surface area (Å²) >= 11 is 0. The molecule has 73 heavy (non-hydrogen) atoms. The van der Waals surface area contributed by atoms with Crippen LogP contribution >= 0.6 is 0 Å². The van der Waals surface area contributed by atoms with Crippen LogP contribution in [-0.4, -0.2) is 23.9 Å². The van der Waals surface area contributed by atoms with Gasteiger partial charge in [0.15, 0.2) is 0 Å². The fourth-order valence-electron chi connectivity index (χ4n) is 8.63. The molecule has 0 radical (unpaired) electrons. The van der Waals surface area contributed by atoms with Crippen molar-refractivity contribution >= 4 is 36.5 Å². The van der Waals surface area contributed by atoms with Gasteiger partial charge in [-0.25, -0.2) is 16.8 Å². The van der Waals surface area contributed by atoms with Crippen LogP contribution < -0.4 is 18.9 Å². The van der Waals surface area contributed by atoms with Crippen molar-refractivity contribution in [1.29, 1.82) is 0 Å². The lowest BCUT2D eigenvalue weighted by molar-refractivity contribution is 0.414. The maximum atomic E-state index is 13.8. The zero-order chi connectivity index (χ0) is 51.3. The molecule has 10 heteroatoms. The molecule has 0 bridgehead atoms. The first-order chi connectivity index (χ1) is 35.1. The van der Waals surface area contributed by atoms with Gasteiger partial charge in [0.1, 0.15) is 40.2 Å². The van der Waals surface area contributed by atoms with Gasteiger partial charge in [-0.1, -0.05) is 98.3 Å². The Hall–Kier alpha value is -8.18. The second kappa shape index (κ2) is 20.9. The molecule has 0 spiro atoms. The Morgan fingerprint density at radius 2 is 0.932 bits per heavy atom. The highest BCUT2D eigenvalue weighted by molar-refractivity contribution is 7.91. The van der Waals surface area contributed by atoms with E-state index in [4.69, 9.17) is 18.9 Å². The lowest BCUT2D eigenvalue weighted by Crippen LogP contribution is -2.19. The monoisotopic (exact) mass is 1000 g/mol. The molecular weight excluding hydrogens is 949 g/mol. The third-order valence-electron chi connectivity index (χ3n) is 12.9. The van der Waals surface area contributed by atoms with E-state index in [0.29, 0.717) is 46.7 Å². The number of ether oxygens (including phenoxy) is 4. The lowest BCUT2D eigenvalue weighted by atomic mass is 9.77. The summed E-state index contributed by atoms with van der Waals surface area (Å²) < 4.78 is 78.1. The Balaban J connectivity index is 0.853. The largest absolute Gasteiger partial charge is 0.497 e. The molecule has 8 nitrogen and oxygen atoms in total. The molecule has 0 saturated carbocycles. The predicted molar refractivity (Wildman–Crippen MR) is 291 cm³/mol. The molecule has 0 aliphatic rings. The molecule has 9 aromatic carbocycles. The smallest absolute Gasteiger partial charge is 0.206 e. The minimum Gasteiger partial charge on any atom is -0.497 e. The van der Waals surface area contributed by atoms with E-state index in [1.807, 2.05) is 73.7 Å². The first kappa shape index (κ1) is 49.8. The molecular formula is C63H54O8S2. The molecule has 9 aromatic rings. The number of fused-ring (bicyclic) bond motifs is 1. The fourth-order valence-corrected chi connectivity index (χ4v) is 11.2. The van der Waals surface area contributed by atoms with Gasteiger partial charge < -0.3 is 18.9 Å². The summed E-state index contributed by atoms with van der Waals surface area (Å²) in [5, 5.41) is 2.39. The maximum Gasteiger partial charge on any atom is 0.206 e. The van der Waals surface area contributed by atoms with Gasteiger partial charge in [-0.3, -0.25) is 0 Å². The second-order valence-corrected chi connectivity index (χ2v) is 22.1.